The predicted molar refractivity (Wildman–Crippen MR) is 111 cm³/mol. The first kappa shape index (κ1) is 17.1. The second-order valence-corrected chi connectivity index (χ2v) is 7.58. The van der Waals surface area contributed by atoms with Gasteiger partial charge >= 0.3 is 0 Å². The molecule has 0 bridgehead atoms. The lowest BCUT2D eigenvalue weighted by atomic mass is 10.0. The lowest BCUT2D eigenvalue weighted by Gasteiger charge is -2.06. The van der Waals surface area contributed by atoms with E-state index < -0.39 is 0 Å². The van der Waals surface area contributed by atoms with Crippen molar-refractivity contribution in [1.29, 1.82) is 0 Å². The molecule has 0 unspecified atom stereocenters. The van der Waals surface area contributed by atoms with E-state index in [0.29, 0.717) is 5.57 Å². The van der Waals surface area contributed by atoms with Crippen LogP contribution in [0, 0.1) is 0 Å². The van der Waals surface area contributed by atoms with Crippen LogP contribution in [-0.4, -0.2) is 5.91 Å². The Balaban J connectivity index is 1.62. The average molecular weight is 471 g/mol. The normalized spacial score (nSPS) is 14.2. The van der Waals surface area contributed by atoms with E-state index in [1.165, 1.54) is 0 Å². The zero-order valence-corrected chi connectivity index (χ0v) is 16.7. The summed E-state index contributed by atoms with van der Waals surface area (Å²) in [6.07, 6.45) is 1.88. The monoisotopic (exact) mass is 469 g/mol. The first-order valence-electron chi connectivity index (χ1n) is 7.95. The number of hydrogen-bond acceptors (Lipinski definition) is 2. The standard InChI is InChI=1S/C21H13Br2NO2/c22-14-11-17-18(21(25)24-20(17)19(23)12-14)10-13-6-8-16(9-7-13)26-15-4-2-1-3-5-15/h1-12H,(H,24,25). The number of anilines is 1. The summed E-state index contributed by atoms with van der Waals surface area (Å²) in [5.74, 6) is 1.43. The lowest BCUT2D eigenvalue weighted by Crippen LogP contribution is -2.03. The van der Waals surface area contributed by atoms with Gasteiger partial charge in [-0.1, -0.05) is 46.3 Å². The molecule has 0 aromatic heterocycles. The Kier molecular flexibility index (Phi) is 4.66. The summed E-state index contributed by atoms with van der Waals surface area (Å²) in [5, 5.41) is 2.91. The maximum atomic E-state index is 12.4. The molecular weight excluding hydrogens is 458 g/mol. The summed E-state index contributed by atoms with van der Waals surface area (Å²) in [6, 6.07) is 21.1. The molecule has 3 aromatic rings. The molecule has 4 rings (SSSR count). The molecule has 26 heavy (non-hydrogen) atoms. The van der Waals surface area contributed by atoms with Crippen molar-refractivity contribution >= 4 is 55.1 Å². The molecule has 1 amide bonds. The second kappa shape index (κ2) is 7.09. The number of para-hydroxylation sites is 1. The van der Waals surface area contributed by atoms with Gasteiger partial charge in [0.25, 0.3) is 5.91 Å². The Labute approximate surface area is 168 Å². The quantitative estimate of drug-likeness (QED) is 0.444. The van der Waals surface area contributed by atoms with Crippen LogP contribution < -0.4 is 10.1 Å². The van der Waals surface area contributed by atoms with Gasteiger partial charge in [-0.25, -0.2) is 0 Å². The molecule has 0 spiro atoms. The average Bonchev–Trinajstić information content (AvgIpc) is 2.94. The molecule has 5 heteroatoms. The first-order valence-corrected chi connectivity index (χ1v) is 9.54. The fraction of sp³-hybridized carbons (Fsp3) is 0. The smallest absolute Gasteiger partial charge is 0.256 e. The van der Waals surface area contributed by atoms with Crippen LogP contribution in [0.4, 0.5) is 5.69 Å². The van der Waals surface area contributed by atoms with Gasteiger partial charge in [0, 0.05) is 20.1 Å². The van der Waals surface area contributed by atoms with Crippen molar-refractivity contribution in [2.75, 3.05) is 5.32 Å². The third kappa shape index (κ3) is 3.45. The van der Waals surface area contributed by atoms with E-state index in [1.807, 2.05) is 72.8 Å². The zero-order chi connectivity index (χ0) is 18.1. The maximum Gasteiger partial charge on any atom is 0.256 e. The minimum atomic E-state index is -0.108. The Morgan fingerprint density at radius 1 is 0.885 bits per heavy atom. The van der Waals surface area contributed by atoms with E-state index in [0.717, 1.165) is 37.3 Å². The van der Waals surface area contributed by atoms with Crippen molar-refractivity contribution in [1.82, 2.24) is 0 Å². The molecule has 3 nitrogen and oxygen atoms in total. The lowest BCUT2D eigenvalue weighted by molar-refractivity contribution is -0.110. The molecule has 1 aliphatic heterocycles. The predicted octanol–water partition coefficient (Wildman–Crippen LogP) is 6.50. The summed E-state index contributed by atoms with van der Waals surface area (Å²) in [4.78, 5) is 12.4. The fourth-order valence-electron chi connectivity index (χ4n) is 2.78. The van der Waals surface area contributed by atoms with Crippen molar-refractivity contribution in [3.05, 3.63) is 86.8 Å². The molecular formula is C21H13Br2NO2. The Morgan fingerprint density at radius 2 is 1.58 bits per heavy atom. The molecule has 128 valence electrons. The van der Waals surface area contributed by atoms with Crippen LogP contribution in [0.2, 0.25) is 0 Å². The van der Waals surface area contributed by atoms with Gasteiger partial charge in [-0.05, 0) is 64.0 Å². The third-order valence-corrected chi connectivity index (χ3v) is 5.08. The van der Waals surface area contributed by atoms with Crippen LogP contribution >= 0.6 is 31.9 Å². The van der Waals surface area contributed by atoms with E-state index in [2.05, 4.69) is 37.2 Å². The number of carbonyl (C=O) groups is 1. The minimum absolute atomic E-state index is 0.108. The van der Waals surface area contributed by atoms with Crippen LogP contribution in [0.25, 0.3) is 11.6 Å². The molecule has 0 radical (unpaired) electrons. The largest absolute Gasteiger partial charge is 0.457 e. The van der Waals surface area contributed by atoms with Crippen LogP contribution in [0.5, 0.6) is 11.5 Å². The molecule has 1 N–H and O–H groups in total. The number of nitrogens with one attached hydrogen (secondary N) is 1. The summed E-state index contributed by atoms with van der Waals surface area (Å²) in [5.41, 5.74) is 3.24. The molecule has 0 saturated heterocycles. The van der Waals surface area contributed by atoms with E-state index in [-0.39, 0.29) is 5.91 Å². The molecule has 0 aliphatic carbocycles. The zero-order valence-electron chi connectivity index (χ0n) is 13.5. The molecule has 0 saturated carbocycles. The fourth-order valence-corrected chi connectivity index (χ4v) is 4.11. The highest BCUT2D eigenvalue weighted by molar-refractivity contribution is 9.11. The molecule has 1 heterocycles. The van der Waals surface area contributed by atoms with E-state index >= 15 is 0 Å². The molecule has 3 aromatic carbocycles. The maximum absolute atomic E-state index is 12.4. The highest BCUT2D eigenvalue weighted by Gasteiger charge is 2.26. The van der Waals surface area contributed by atoms with E-state index in [9.17, 15) is 4.79 Å². The number of hydrogen-bond donors (Lipinski definition) is 1. The number of ether oxygens (including phenoxy) is 1. The van der Waals surface area contributed by atoms with Crippen molar-refractivity contribution in [2.24, 2.45) is 0 Å². The van der Waals surface area contributed by atoms with Gasteiger partial charge in [0.2, 0.25) is 0 Å². The van der Waals surface area contributed by atoms with Gasteiger partial charge in [0.1, 0.15) is 11.5 Å². The van der Waals surface area contributed by atoms with Gasteiger partial charge in [-0.15, -0.1) is 0 Å². The summed E-state index contributed by atoms with van der Waals surface area (Å²) >= 11 is 6.97. The van der Waals surface area contributed by atoms with Crippen molar-refractivity contribution < 1.29 is 9.53 Å². The van der Waals surface area contributed by atoms with E-state index in [4.69, 9.17) is 4.74 Å². The van der Waals surface area contributed by atoms with Crippen LogP contribution in [0.15, 0.2) is 75.7 Å². The summed E-state index contributed by atoms with van der Waals surface area (Å²) < 4.78 is 7.57. The highest BCUT2D eigenvalue weighted by atomic mass is 79.9. The number of carbonyl (C=O) groups excluding carboxylic acids is 1. The van der Waals surface area contributed by atoms with Crippen molar-refractivity contribution in [3.63, 3.8) is 0 Å². The van der Waals surface area contributed by atoms with E-state index in [1.54, 1.807) is 0 Å². The Hall–Kier alpha value is -2.37. The van der Waals surface area contributed by atoms with Gasteiger partial charge in [0.15, 0.2) is 0 Å². The molecule has 1 aliphatic rings. The number of halogens is 2. The van der Waals surface area contributed by atoms with Gasteiger partial charge in [-0.3, -0.25) is 4.79 Å². The van der Waals surface area contributed by atoms with Crippen molar-refractivity contribution in [3.8, 4) is 11.5 Å². The first-order chi connectivity index (χ1) is 12.6. The van der Waals surface area contributed by atoms with Gasteiger partial charge < -0.3 is 10.1 Å². The topological polar surface area (TPSA) is 38.3 Å². The minimum Gasteiger partial charge on any atom is -0.457 e. The summed E-state index contributed by atoms with van der Waals surface area (Å²) in [6.45, 7) is 0. The number of amides is 1. The second-order valence-electron chi connectivity index (χ2n) is 5.81. The third-order valence-electron chi connectivity index (χ3n) is 4.00. The van der Waals surface area contributed by atoms with Crippen LogP contribution in [0.1, 0.15) is 11.1 Å². The SMILES string of the molecule is O=C1Nc2c(Br)cc(Br)cc2C1=Cc1ccc(Oc2ccccc2)cc1. The van der Waals surface area contributed by atoms with Gasteiger partial charge in [0.05, 0.1) is 5.69 Å². The Bertz CT molecular complexity index is 1010. The molecule has 0 atom stereocenters. The Morgan fingerprint density at radius 3 is 2.31 bits per heavy atom. The summed E-state index contributed by atoms with van der Waals surface area (Å²) in [7, 11) is 0. The van der Waals surface area contributed by atoms with Crippen LogP contribution in [0.3, 0.4) is 0 Å². The highest BCUT2D eigenvalue weighted by Crippen LogP contribution is 2.40. The van der Waals surface area contributed by atoms with Crippen LogP contribution in [-0.2, 0) is 4.79 Å². The number of benzene rings is 3. The van der Waals surface area contributed by atoms with Gasteiger partial charge in [-0.2, -0.15) is 0 Å². The number of rotatable bonds is 3. The number of fused-ring (bicyclic) bond motifs is 1. The van der Waals surface area contributed by atoms with Crippen molar-refractivity contribution in [2.45, 2.75) is 0 Å². The molecule has 0 fully saturated rings.